The number of rotatable bonds is 7. The van der Waals surface area contributed by atoms with Gasteiger partial charge in [-0.1, -0.05) is 42.5 Å². The molecular formula is C27H22F6N4O7S2. The minimum absolute atomic E-state index is 0.0346. The highest BCUT2D eigenvalue weighted by Gasteiger charge is 2.39. The zero-order valence-corrected chi connectivity index (χ0v) is 24.6. The third-order valence-corrected chi connectivity index (χ3v) is 9.71. The van der Waals surface area contributed by atoms with Gasteiger partial charge in [-0.3, -0.25) is 9.52 Å². The van der Waals surface area contributed by atoms with Crippen molar-refractivity contribution in [3.63, 3.8) is 0 Å². The van der Waals surface area contributed by atoms with Crippen LogP contribution >= 0.6 is 0 Å². The van der Waals surface area contributed by atoms with E-state index in [1.54, 1.807) is 36.4 Å². The highest BCUT2D eigenvalue weighted by atomic mass is 32.2. The van der Waals surface area contributed by atoms with Crippen molar-refractivity contribution in [2.45, 2.75) is 41.4 Å². The first-order valence-corrected chi connectivity index (χ1v) is 15.9. The second kappa shape index (κ2) is 12.7. The molecule has 1 amide bonds. The van der Waals surface area contributed by atoms with E-state index < -0.39 is 66.0 Å². The summed E-state index contributed by atoms with van der Waals surface area (Å²) in [7, 11) is -8.26. The predicted molar refractivity (Wildman–Crippen MR) is 149 cm³/mol. The van der Waals surface area contributed by atoms with Crippen molar-refractivity contribution in [3.8, 4) is 0 Å². The molecule has 11 nitrogen and oxygen atoms in total. The summed E-state index contributed by atoms with van der Waals surface area (Å²) in [4.78, 5) is 27.4. The number of carbonyl (C=O) groups excluding carboxylic acids is 1. The van der Waals surface area contributed by atoms with Gasteiger partial charge < -0.3 is 10.1 Å². The van der Waals surface area contributed by atoms with Gasteiger partial charge in [-0.05, 0) is 47.9 Å². The van der Waals surface area contributed by atoms with E-state index in [2.05, 4.69) is 14.7 Å². The van der Waals surface area contributed by atoms with Crippen LogP contribution in [-0.4, -0.2) is 50.0 Å². The van der Waals surface area contributed by atoms with Gasteiger partial charge in [-0.15, -0.1) is 0 Å². The van der Waals surface area contributed by atoms with Crippen molar-refractivity contribution in [2.75, 3.05) is 0 Å². The minimum Gasteiger partial charge on any atom is -0.475 e. The third-order valence-electron chi connectivity index (χ3n) is 6.54. The lowest BCUT2D eigenvalue weighted by Gasteiger charge is -2.18. The molecule has 1 aliphatic heterocycles. The van der Waals surface area contributed by atoms with E-state index >= 15 is 0 Å². The van der Waals surface area contributed by atoms with Crippen molar-refractivity contribution in [2.24, 2.45) is 0 Å². The van der Waals surface area contributed by atoms with Crippen LogP contribution in [0, 0.1) is 0 Å². The SMILES string of the molecule is O=C(O)C(F)(F)F.O=C1CC(c2ccc(C[C@H](NS(=O)(=O)c3cccc(C(F)(F)F)c3)c3nc4ccccc4[nH]3)cc2)S(=O)(=O)N1. The zero-order chi connectivity index (χ0) is 34.1. The lowest BCUT2D eigenvalue weighted by molar-refractivity contribution is -0.192. The van der Waals surface area contributed by atoms with Gasteiger partial charge in [-0.25, -0.2) is 31.3 Å². The minimum atomic E-state index is -5.08. The highest BCUT2D eigenvalue weighted by Crippen LogP contribution is 2.32. The maximum atomic E-state index is 13.2. The molecule has 4 aromatic rings. The first-order chi connectivity index (χ1) is 21.3. The number of carboxylic acids is 1. The van der Waals surface area contributed by atoms with Crippen LogP contribution in [0.15, 0.2) is 77.7 Å². The summed E-state index contributed by atoms with van der Waals surface area (Å²) >= 11 is 0. The predicted octanol–water partition coefficient (Wildman–Crippen LogP) is 4.37. The molecule has 1 aromatic heterocycles. The fourth-order valence-corrected chi connectivity index (χ4v) is 7.05. The van der Waals surface area contributed by atoms with Crippen molar-refractivity contribution in [1.82, 2.24) is 19.4 Å². The molecule has 5 rings (SSSR count). The molecule has 0 saturated carbocycles. The van der Waals surface area contributed by atoms with Gasteiger partial charge in [-0.2, -0.15) is 26.3 Å². The van der Waals surface area contributed by atoms with Gasteiger partial charge in [0, 0.05) is 0 Å². The third kappa shape index (κ3) is 8.20. The van der Waals surface area contributed by atoms with Crippen LogP contribution in [0.25, 0.3) is 11.0 Å². The fraction of sp³-hybridized carbons (Fsp3) is 0.222. The number of nitrogens with zero attached hydrogens (tertiary/aromatic N) is 1. The van der Waals surface area contributed by atoms with Crippen LogP contribution in [-0.2, 0) is 42.2 Å². The number of aromatic nitrogens is 2. The maximum absolute atomic E-state index is 13.2. The largest absolute Gasteiger partial charge is 0.490 e. The molecule has 1 saturated heterocycles. The van der Waals surface area contributed by atoms with E-state index in [1.807, 2.05) is 4.72 Å². The standard InChI is InChI=1S/C25H21F3N4O5S2.C2HF3O2/c26-25(27,28)17-4-3-5-18(13-17)38(34,35)31-21(24-29-19-6-1-2-7-20(19)30-24)12-15-8-10-16(11-9-15)22-14-23(33)32-39(22,36)37;3-2(4,5)1(6)7/h1-11,13,21-22,31H,12,14H2,(H,29,30)(H,32,33);(H,6,7)/t21-,22?;/m0./s1. The Morgan fingerprint density at radius 2 is 1.63 bits per heavy atom. The highest BCUT2D eigenvalue weighted by molar-refractivity contribution is 7.90. The number of halogens is 6. The number of aromatic amines is 1. The number of alkyl halides is 6. The Kier molecular flexibility index (Phi) is 9.51. The Balaban J connectivity index is 0.000000617. The van der Waals surface area contributed by atoms with Crippen LogP contribution in [0.3, 0.4) is 0 Å². The smallest absolute Gasteiger partial charge is 0.475 e. The van der Waals surface area contributed by atoms with Gasteiger partial charge in [0.05, 0.1) is 34.0 Å². The number of H-pyrrole nitrogens is 1. The Morgan fingerprint density at radius 3 is 2.17 bits per heavy atom. The second-order valence-electron chi connectivity index (χ2n) is 9.85. The monoisotopic (exact) mass is 692 g/mol. The van der Waals surface area contributed by atoms with Crippen LogP contribution in [0.2, 0.25) is 0 Å². The van der Waals surface area contributed by atoms with Gasteiger partial charge in [0.1, 0.15) is 11.1 Å². The number of sulfonamides is 2. The number of carboxylic acid groups (broad SMARTS) is 1. The average Bonchev–Trinajstić information content (AvgIpc) is 3.51. The molecule has 1 aliphatic rings. The number of fused-ring (bicyclic) bond motifs is 1. The topological polar surface area (TPSA) is 175 Å². The first-order valence-electron chi connectivity index (χ1n) is 12.8. The summed E-state index contributed by atoms with van der Waals surface area (Å²) in [5.41, 5.74) is 1.08. The number of hydrogen-bond donors (Lipinski definition) is 4. The van der Waals surface area contributed by atoms with E-state index in [1.165, 1.54) is 12.1 Å². The molecule has 19 heteroatoms. The lowest BCUT2D eigenvalue weighted by Crippen LogP contribution is -2.31. The molecule has 0 aliphatic carbocycles. The number of para-hydroxylation sites is 2. The molecule has 2 atom stereocenters. The van der Waals surface area contributed by atoms with Gasteiger partial charge in [0.25, 0.3) is 0 Å². The van der Waals surface area contributed by atoms with E-state index in [9.17, 15) is 48.0 Å². The second-order valence-corrected chi connectivity index (χ2v) is 13.4. The summed E-state index contributed by atoms with van der Waals surface area (Å²) in [5, 5.41) is 6.09. The number of imidazole rings is 1. The zero-order valence-electron chi connectivity index (χ0n) is 22.9. The summed E-state index contributed by atoms with van der Waals surface area (Å²) in [6.45, 7) is 0. The quantitative estimate of drug-likeness (QED) is 0.207. The number of amides is 1. The Labute approximate surface area is 256 Å². The van der Waals surface area contributed by atoms with E-state index in [4.69, 9.17) is 9.90 Å². The fourth-order valence-electron chi connectivity index (χ4n) is 4.38. The number of benzene rings is 3. The average molecular weight is 693 g/mol. The van der Waals surface area contributed by atoms with Crippen molar-refractivity contribution in [3.05, 3.63) is 95.3 Å². The molecule has 2 heterocycles. The molecule has 0 spiro atoms. The molecule has 0 bridgehead atoms. The molecule has 4 N–H and O–H groups in total. The molecule has 3 aromatic carbocycles. The van der Waals surface area contributed by atoms with Crippen LogP contribution < -0.4 is 9.44 Å². The van der Waals surface area contributed by atoms with Gasteiger partial charge in [0.2, 0.25) is 26.0 Å². The lowest BCUT2D eigenvalue weighted by atomic mass is 10.0. The van der Waals surface area contributed by atoms with E-state index in [-0.39, 0.29) is 18.7 Å². The van der Waals surface area contributed by atoms with Crippen molar-refractivity contribution < 1.29 is 57.9 Å². The van der Waals surface area contributed by atoms with Crippen molar-refractivity contribution in [1.29, 1.82) is 0 Å². The molecule has 1 fully saturated rings. The van der Waals surface area contributed by atoms with E-state index in [0.717, 1.165) is 18.2 Å². The Bertz CT molecular complexity index is 1940. The molecule has 46 heavy (non-hydrogen) atoms. The van der Waals surface area contributed by atoms with Crippen LogP contribution in [0.1, 0.15) is 40.2 Å². The summed E-state index contributed by atoms with van der Waals surface area (Å²) in [5.74, 6) is -3.12. The summed E-state index contributed by atoms with van der Waals surface area (Å²) in [6.07, 6.45) is -9.98. The van der Waals surface area contributed by atoms with Crippen LogP contribution in [0.4, 0.5) is 26.3 Å². The Morgan fingerprint density at radius 1 is 1.00 bits per heavy atom. The molecule has 246 valence electrons. The van der Waals surface area contributed by atoms with E-state index in [0.29, 0.717) is 28.2 Å². The van der Waals surface area contributed by atoms with Crippen LogP contribution in [0.5, 0.6) is 0 Å². The maximum Gasteiger partial charge on any atom is 0.490 e. The number of aliphatic carboxylic acids is 1. The number of hydrogen-bond acceptors (Lipinski definition) is 7. The van der Waals surface area contributed by atoms with Crippen molar-refractivity contribution >= 4 is 43.0 Å². The summed E-state index contributed by atoms with van der Waals surface area (Å²) < 4.78 is 127. The van der Waals surface area contributed by atoms with Gasteiger partial charge >= 0.3 is 18.3 Å². The molecule has 1 unspecified atom stereocenters. The molecular weight excluding hydrogens is 670 g/mol. The Hall–Kier alpha value is -4.49. The number of carbonyl (C=O) groups is 2. The first kappa shape index (κ1) is 34.4. The molecule has 0 radical (unpaired) electrons. The summed E-state index contributed by atoms with van der Waals surface area (Å²) in [6, 6.07) is 15.7. The number of nitrogens with one attached hydrogen (secondary N) is 3. The van der Waals surface area contributed by atoms with Gasteiger partial charge in [0.15, 0.2) is 0 Å². The normalized spacial score (nSPS) is 17.2.